The zero-order chi connectivity index (χ0) is 16.3. The second-order valence-electron chi connectivity index (χ2n) is 5.19. The van der Waals surface area contributed by atoms with Gasteiger partial charge in [-0.1, -0.05) is 18.2 Å². The predicted molar refractivity (Wildman–Crippen MR) is 91.1 cm³/mol. The summed E-state index contributed by atoms with van der Waals surface area (Å²) in [5.41, 5.74) is 0.912. The van der Waals surface area contributed by atoms with Crippen LogP contribution in [-0.4, -0.2) is 24.7 Å². The van der Waals surface area contributed by atoms with Crippen molar-refractivity contribution in [2.24, 2.45) is 0 Å². The average molecular weight is 347 g/mol. The summed E-state index contributed by atoms with van der Waals surface area (Å²) in [6.45, 7) is 2.12. The number of hydrogen-bond donors (Lipinski definition) is 1. The van der Waals surface area contributed by atoms with Gasteiger partial charge in [0.1, 0.15) is 0 Å². The molecule has 0 saturated heterocycles. The third-order valence-electron chi connectivity index (χ3n) is 3.48. The Kier molecular flexibility index (Phi) is 4.61. The minimum atomic E-state index is -3.55. The van der Waals surface area contributed by atoms with E-state index in [9.17, 15) is 8.42 Å². The number of aryl methyl sites for hydroxylation is 1. The van der Waals surface area contributed by atoms with E-state index in [1.54, 1.807) is 40.4 Å². The van der Waals surface area contributed by atoms with Crippen LogP contribution in [0.4, 0.5) is 0 Å². The van der Waals surface area contributed by atoms with Crippen LogP contribution >= 0.6 is 11.3 Å². The minimum absolute atomic E-state index is 0.162. The molecule has 23 heavy (non-hydrogen) atoms. The van der Waals surface area contributed by atoms with Crippen molar-refractivity contribution in [3.05, 3.63) is 70.7 Å². The molecule has 5 nitrogen and oxygen atoms in total. The van der Waals surface area contributed by atoms with Crippen molar-refractivity contribution in [3.8, 4) is 0 Å². The predicted octanol–water partition coefficient (Wildman–Crippen LogP) is 2.82. The minimum Gasteiger partial charge on any atom is -0.263 e. The Bertz CT molecular complexity index is 822. The fraction of sp³-hybridized carbons (Fsp3) is 0.188. The molecule has 1 N–H and O–H groups in total. The van der Waals surface area contributed by atoms with Gasteiger partial charge in [-0.15, -0.1) is 11.3 Å². The summed E-state index contributed by atoms with van der Waals surface area (Å²) >= 11 is 1.58. The lowest BCUT2D eigenvalue weighted by Gasteiger charge is -2.17. The number of hydrogen-bond acceptors (Lipinski definition) is 4. The van der Waals surface area contributed by atoms with Gasteiger partial charge in [-0.05, 0) is 42.1 Å². The molecule has 1 aromatic carbocycles. The highest BCUT2D eigenvalue weighted by Gasteiger charge is 2.20. The molecule has 1 atom stereocenters. The SMILES string of the molecule is Cc1cccc(S(=O)(=O)NC[C@H](c2cccs2)n2cccn2)c1. The Morgan fingerprint density at radius 1 is 1.26 bits per heavy atom. The Morgan fingerprint density at radius 2 is 2.13 bits per heavy atom. The summed E-state index contributed by atoms with van der Waals surface area (Å²) in [7, 11) is -3.55. The van der Waals surface area contributed by atoms with Crippen LogP contribution in [0, 0.1) is 6.92 Å². The van der Waals surface area contributed by atoms with Crippen molar-refractivity contribution in [3.63, 3.8) is 0 Å². The van der Waals surface area contributed by atoms with Crippen LogP contribution in [0.1, 0.15) is 16.5 Å². The first-order chi connectivity index (χ1) is 11.1. The van der Waals surface area contributed by atoms with Crippen LogP contribution in [0.3, 0.4) is 0 Å². The van der Waals surface area contributed by atoms with Crippen molar-refractivity contribution < 1.29 is 8.42 Å². The number of benzene rings is 1. The van der Waals surface area contributed by atoms with Gasteiger partial charge in [-0.3, -0.25) is 4.68 Å². The molecule has 0 unspecified atom stereocenters. The average Bonchev–Trinajstić information content (AvgIpc) is 3.21. The molecule has 0 spiro atoms. The van der Waals surface area contributed by atoms with Gasteiger partial charge in [-0.25, -0.2) is 13.1 Å². The van der Waals surface area contributed by atoms with Crippen LogP contribution in [0.2, 0.25) is 0 Å². The Hall–Kier alpha value is -1.96. The van der Waals surface area contributed by atoms with Crippen LogP contribution < -0.4 is 4.72 Å². The lowest BCUT2D eigenvalue weighted by atomic mass is 10.2. The monoisotopic (exact) mass is 347 g/mol. The number of rotatable bonds is 6. The Balaban J connectivity index is 1.82. The van der Waals surface area contributed by atoms with Gasteiger partial charge in [0.05, 0.1) is 10.9 Å². The van der Waals surface area contributed by atoms with E-state index in [1.165, 1.54) is 0 Å². The standard InChI is InChI=1S/C16H17N3O2S2/c1-13-5-2-6-14(11-13)23(20,21)18-12-15(16-7-3-10-22-16)19-9-4-8-17-19/h2-11,15,18H,12H2,1H3/t15-/m1/s1. The van der Waals surface area contributed by atoms with Crippen LogP contribution in [-0.2, 0) is 10.0 Å². The topological polar surface area (TPSA) is 64.0 Å². The fourth-order valence-corrected chi connectivity index (χ4v) is 4.29. The van der Waals surface area contributed by atoms with E-state index in [0.29, 0.717) is 0 Å². The molecule has 3 rings (SSSR count). The fourth-order valence-electron chi connectivity index (χ4n) is 2.32. The first-order valence-electron chi connectivity index (χ1n) is 7.15. The molecule has 0 amide bonds. The van der Waals surface area contributed by atoms with Gasteiger partial charge in [-0.2, -0.15) is 5.10 Å². The van der Waals surface area contributed by atoms with Crippen molar-refractivity contribution in [1.82, 2.24) is 14.5 Å². The second kappa shape index (κ2) is 6.66. The van der Waals surface area contributed by atoms with Gasteiger partial charge in [0.25, 0.3) is 0 Å². The summed E-state index contributed by atoms with van der Waals surface area (Å²) in [6.07, 6.45) is 3.53. The molecule has 3 aromatic rings. The lowest BCUT2D eigenvalue weighted by Crippen LogP contribution is -2.31. The third kappa shape index (κ3) is 3.69. The van der Waals surface area contributed by atoms with Crippen molar-refractivity contribution in [2.75, 3.05) is 6.54 Å². The zero-order valence-corrected chi connectivity index (χ0v) is 14.2. The molecular formula is C16H17N3O2S2. The summed E-state index contributed by atoms with van der Waals surface area (Å²) in [4.78, 5) is 1.34. The Morgan fingerprint density at radius 3 is 2.78 bits per heavy atom. The van der Waals surface area contributed by atoms with E-state index >= 15 is 0 Å². The van der Waals surface area contributed by atoms with E-state index in [4.69, 9.17) is 0 Å². The molecule has 0 fully saturated rings. The molecule has 0 aliphatic heterocycles. The molecule has 0 aliphatic rings. The van der Waals surface area contributed by atoms with Crippen molar-refractivity contribution in [1.29, 1.82) is 0 Å². The van der Waals surface area contributed by atoms with Gasteiger partial charge in [0.2, 0.25) is 10.0 Å². The normalized spacial score (nSPS) is 13.1. The number of nitrogens with one attached hydrogen (secondary N) is 1. The molecule has 120 valence electrons. The number of thiophene rings is 1. The third-order valence-corrected chi connectivity index (χ3v) is 5.88. The summed E-state index contributed by atoms with van der Waals surface area (Å²) < 4.78 is 29.4. The van der Waals surface area contributed by atoms with Gasteiger partial charge in [0, 0.05) is 23.8 Å². The van der Waals surface area contributed by atoms with Gasteiger partial charge < -0.3 is 0 Å². The van der Waals surface area contributed by atoms with Crippen LogP contribution in [0.15, 0.2) is 65.1 Å². The summed E-state index contributed by atoms with van der Waals surface area (Å²) in [5, 5.41) is 6.22. The van der Waals surface area contributed by atoms with Crippen molar-refractivity contribution in [2.45, 2.75) is 17.9 Å². The molecule has 2 aromatic heterocycles. The van der Waals surface area contributed by atoms with Gasteiger partial charge in [0.15, 0.2) is 0 Å². The molecule has 7 heteroatoms. The van der Waals surface area contributed by atoms with E-state index in [2.05, 4.69) is 9.82 Å². The smallest absolute Gasteiger partial charge is 0.240 e. The maximum absolute atomic E-state index is 12.5. The number of nitrogens with zero attached hydrogens (tertiary/aromatic N) is 2. The quantitative estimate of drug-likeness (QED) is 0.746. The first-order valence-corrected chi connectivity index (χ1v) is 9.51. The molecule has 0 bridgehead atoms. The highest BCUT2D eigenvalue weighted by molar-refractivity contribution is 7.89. The molecule has 0 radical (unpaired) electrons. The zero-order valence-electron chi connectivity index (χ0n) is 12.6. The molecular weight excluding hydrogens is 330 g/mol. The molecule has 0 aliphatic carbocycles. The number of aromatic nitrogens is 2. The van der Waals surface area contributed by atoms with E-state index < -0.39 is 10.0 Å². The van der Waals surface area contributed by atoms with E-state index in [0.717, 1.165) is 10.4 Å². The highest BCUT2D eigenvalue weighted by Crippen LogP contribution is 2.22. The summed E-state index contributed by atoms with van der Waals surface area (Å²) in [6, 6.07) is 12.5. The molecule has 0 saturated carbocycles. The highest BCUT2D eigenvalue weighted by atomic mass is 32.2. The molecule has 2 heterocycles. The maximum Gasteiger partial charge on any atom is 0.240 e. The number of sulfonamides is 1. The van der Waals surface area contributed by atoms with E-state index in [-0.39, 0.29) is 17.5 Å². The largest absolute Gasteiger partial charge is 0.263 e. The maximum atomic E-state index is 12.5. The van der Waals surface area contributed by atoms with Crippen molar-refractivity contribution >= 4 is 21.4 Å². The van der Waals surface area contributed by atoms with Crippen LogP contribution in [0.5, 0.6) is 0 Å². The van der Waals surface area contributed by atoms with Gasteiger partial charge >= 0.3 is 0 Å². The van der Waals surface area contributed by atoms with Crippen LogP contribution in [0.25, 0.3) is 0 Å². The van der Waals surface area contributed by atoms with E-state index in [1.807, 2.05) is 42.8 Å². The first kappa shape index (κ1) is 15.9. The lowest BCUT2D eigenvalue weighted by molar-refractivity contribution is 0.511. The second-order valence-corrected chi connectivity index (χ2v) is 7.93. The Labute approximate surface area is 139 Å². The summed E-state index contributed by atoms with van der Waals surface area (Å²) in [5.74, 6) is 0.